The first-order valence-corrected chi connectivity index (χ1v) is 16.1. The number of benzene rings is 4. The first kappa shape index (κ1) is 33.8. The Bertz CT molecular complexity index is 1580. The number of para-hydroxylation sites is 2. The highest BCUT2D eigenvalue weighted by molar-refractivity contribution is 5.93. The summed E-state index contributed by atoms with van der Waals surface area (Å²) in [6.45, 7) is 1.94. The lowest BCUT2D eigenvalue weighted by molar-refractivity contribution is -0.252. The van der Waals surface area contributed by atoms with E-state index in [4.69, 9.17) is 15.2 Å². The minimum atomic E-state index is -0.553. The molecule has 4 aromatic carbocycles. The van der Waals surface area contributed by atoms with Crippen molar-refractivity contribution in [2.75, 3.05) is 24.6 Å². The summed E-state index contributed by atoms with van der Waals surface area (Å²) in [7, 11) is 2.10. The van der Waals surface area contributed by atoms with Gasteiger partial charge in [-0.1, -0.05) is 91.0 Å². The Balaban J connectivity index is 1.14. The average Bonchev–Trinajstić information content (AvgIpc) is 3.09. The van der Waals surface area contributed by atoms with E-state index in [0.717, 1.165) is 35.3 Å². The molecular weight excluding hydrogens is 592 g/mol. The molecule has 0 unspecified atom stereocenters. The molecular formula is C38H44N4O5. The van der Waals surface area contributed by atoms with Gasteiger partial charge in [-0.15, -0.1) is 0 Å². The molecule has 0 saturated carbocycles. The van der Waals surface area contributed by atoms with Crippen LogP contribution < -0.4 is 16.4 Å². The maximum atomic E-state index is 12.5. The maximum absolute atomic E-state index is 12.5. The maximum Gasteiger partial charge on any atom is 0.224 e. The van der Waals surface area contributed by atoms with Gasteiger partial charge in [0.2, 0.25) is 11.8 Å². The van der Waals surface area contributed by atoms with Gasteiger partial charge in [0, 0.05) is 44.5 Å². The molecule has 1 saturated heterocycles. The molecule has 9 heteroatoms. The van der Waals surface area contributed by atoms with Gasteiger partial charge in [0.1, 0.15) is 0 Å². The molecule has 1 aliphatic heterocycles. The van der Waals surface area contributed by atoms with Gasteiger partial charge in [-0.25, -0.2) is 0 Å². The molecule has 0 aromatic heterocycles. The van der Waals surface area contributed by atoms with Crippen LogP contribution in [-0.4, -0.2) is 41.5 Å². The van der Waals surface area contributed by atoms with Gasteiger partial charge in [0.15, 0.2) is 6.29 Å². The van der Waals surface area contributed by atoms with E-state index >= 15 is 0 Å². The first-order chi connectivity index (χ1) is 22.9. The standard InChI is InChI=1S/C38H44N4O5/c1-42(24-28-8-3-2-4-9-28)25-32-22-35(30-18-16-29(26-43)17-19-30)47-38(46-32)31-20-14-27(15-21-31)23-40-36(44)12-7-13-37(45)41-34-11-6-5-10-33(34)39/h2-6,8-11,14-21,32,35,38,43H,7,12-13,22-26,39H2,1H3,(H,40,44)(H,41,45)/t32-,35+,38+/m0/s1. The molecule has 3 atom stereocenters. The number of likely N-dealkylation sites (N-methyl/N-ethyl adjacent to an activating group) is 1. The molecule has 1 heterocycles. The molecule has 9 nitrogen and oxygen atoms in total. The van der Waals surface area contributed by atoms with Crippen molar-refractivity contribution in [2.24, 2.45) is 0 Å². The molecule has 2 amide bonds. The fourth-order valence-corrected chi connectivity index (χ4v) is 5.65. The highest BCUT2D eigenvalue weighted by Gasteiger charge is 2.32. The van der Waals surface area contributed by atoms with Crippen LogP contribution in [0, 0.1) is 0 Å². The number of carbonyl (C=O) groups excluding carboxylic acids is 2. The number of nitrogens with one attached hydrogen (secondary N) is 2. The van der Waals surface area contributed by atoms with Crippen LogP contribution in [0.15, 0.2) is 103 Å². The number of amides is 2. The highest BCUT2D eigenvalue weighted by atomic mass is 16.7. The number of hydrogen-bond acceptors (Lipinski definition) is 7. The summed E-state index contributed by atoms with van der Waals surface area (Å²) in [6.07, 6.45) is 0.848. The van der Waals surface area contributed by atoms with Crippen molar-refractivity contribution in [2.45, 2.75) is 63.9 Å². The van der Waals surface area contributed by atoms with Crippen LogP contribution in [0.2, 0.25) is 0 Å². The molecule has 0 radical (unpaired) electrons. The molecule has 246 valence electrons. The van der Waals surface area contributed by atoms with Crippen molar-refractivity contribution in [1.82, 2.24) is 10.2 Å². The predicted octanol–water partition coefficient (Wildman–Crippen LogP) is 5.86. The number of nitrogens with two attached hydrogens (primary N) is 1. The lowest BCUT2D eigenvalue weighted by Gasteiger charge is -2.38. The van der Waals surface area contributed by atoms with Crippen molar-refractivity contribution in [3.05, 3.63) is 131 Å². The Morgan fingerprint density at radius 1 is 0.809 bits per heavy atom. The van der Waals surface area contributed by atoms with E-state index in [-0.39, 0.29) is 43.5 Å². The van der Waals surface area contributed by atoms with Crippen LogP contribution in [0.4, 0.5) is 11.4 Å². The number of hydrogen-bond donors (Lipinski definition) is 4. The second kappa shape index (κ2) is 16.9. The summed E-state index contributed by atoms with van der Waals surface area (Å²) in [5, 5.41) is 15.2. The van der Waals surface area contributed by atoms with Crippen molar-refractivity contribution in [1.29, 1.82) is 0 Å². The van der Waals surface area contributed by atoms with Crippen molar-refractivity contribution < 1.29 is 24.2 Å². The molecule has 1 fully saturated rings. The lowest BCUT2D eigenvalue weighted by Crippen LogP contribution is -2.37. The van der Waals surface area contributed by atoms with Gasteiger partial charge in [-0.05, 0) is 47.9 Å². The quantitative estimate of drug-likeness (QED) is 0.128. The fraction of sp³-hybridized carbons (Fsp3) is 0.316. The van der Waals surface area contributed by atoms with Crippen LogP contribution >= 0.6 is 0 Å². The van der Waals surface area contributed by atoms with Gasteiger partial charge in [-0.3, -0.25) is 14.5 Å². The number of aliphatic hydroxyl groups excluding tert-OH is 1. The van der Waals surface area contributed by atoms with Gasteiger partial charge in [0.25, 0.3) is 0 Å². The summed E-state index contributed by atoms with van der Waals surface area (Å²) < 4.78 is 13.0. The molecule has 4 aromatic rings. The minimum Gasteiger partial charge on any atom is -0.397 e. The molecule has 5 rings (SSSR count). The van der Waals surface area contributed by atoms with Crippen LogP contribution in [0.25, 0.3) is 0 Å². The highest BCUT2D eigenvalue weighted by Crippen LogP contribution is 2.38. The van der Waals surface area contributed by atoms with E-state index in [1.807, 2.05) is 54.6 Å². The SMILES string of the molecule is CN(Cc1ccccc1)C[C@@H]1C[C@H](c2ccc(CO)cc2)O[C@H](c2ccc(CNC(=O)CCCC(=O)Nc3ccccc3N)cc2)O1. The molecule has 0 aliphatic carbocycles. The van der Waals surface area contributed by atoms with E-state index in [9.17, 15) is 14.7 Å². The molecule has 5 N–H and O–H groups in total. The Hall–Kier alpha value is -4.54. The second-order valence-corrected chi connectivity index (χ2v) is 12.0. The smallest absolute Gasteiger partial charge is 0.224 e. The predicted molar refractivity (Wildman–Crippen MR) is 183 cm³/mol. The van der Waals surface area contributed by atoms with Crippen LogP contribution in [0.1, 0.15) is 65.9 Å². The number of ether oxygens (including phenoxy) is 2. The van der Waals surface area contributed by atoms with Crippen molar-refractivity contribution in [3.8, 4) is 0 Å². The zero-order chi connectivity index (χ0) is 33.0. The number of rotatable bonds is 14. The minimum absolute atomic E-state index is 0.000903. The second-order valence-electron chi connectivity index (χ2n) is 12.0. The summed E-state index contributed by atoms with van der Waals surface area (Å²) in [5.74, 6) is -0.287. The fourth-order valence-electron chi connectivity index (χ4n) is 5.65. The summed E-state index contributed by atoms with van der Waals surface area (Å²) in [6, 6.07) is 33.3. The zero-order valence-electron chi connectivity index (χ0n) is 26.8. The normalized spacial score (nSPS) is 17.7. The third-order valence-corrected chi connectivity index (χ3v) is 8.21. The Morgan fingerprint density at radius 2 is 1.47 bits per heavy atom. The molecule has 47 heavy (non-hydrogen) atoms. The molecule has 1 aliphatic rings. The van der Waals surface area contributed by atoms with E-state index in [1.54, 1.807) is 24.3 Å². The number of carbonyl (C=O) groups is 2. The number of aliphatic hydroxyl groups is 1. The van der Waals surface area contributed by atoms with E-state index in [2.05, 4.69) is 46.8 Å². The largest absolute Gasteiger partial charge is 0.397 e. The zero-order valence-corrected chi connectivity index (χ0v) is 26.8. The number of nitrogen functional groups attached to an aromatic ring is 1. The topological polar surface area (TPSA) is 126 Å². The monoisotopic (exact) mass is 636 g/mol. The third kappa shape index (κ3) is 10.2. The Kier molecular flexibility index (Phi) is 12.1. The van der Waals surface area contributed by atoms with Crippen LogP contribution in [-0.2, 0) is 38.8 Å². The molecule has 0 spiro atoms. The van der Waals surface area contributed by atoms with Crippen molar-refractivity contribution >= 4 is 23.2 Å². The van der Waals surface area contributed by atoms with Crippen LogP contribution in [0.3, 0.4) is 0 Å². The third-order valence-electron chi connectivity index (χ3n) is 8.21. The number of anilines is 2. The van der Waals surface area contributed by atoms with Gasteiger partial charge in [-0.2, -0.15) is 0 Å². The number of nitrogens with zero attached hydrogens (tertiary/aromatic N) is 1. The Labute approximate surface area is 276 Å². The summed E-state index contributed by atoms with van der Waals surface area (Å²) >= 11 is 0. The van der Waals surface area contributed by atoms with E-state index in [0.29, 0.717) is 30.8 Å². The Morgan fingerprint density at radius 3 is 2.19 bits per heavy atom. The van der Waals surface area contributed by atoms with E-state index < -0.39 is 6.29 Å². The summed E-state index contributed by atoms with van der Waals surface area (Å²) in [4.78, 5) is 27.0. The van der Waals surface area contributed by atoms with Gasteiger partial charge in [0.05, 0.1) is 30.2 Å². The first-order valence-electron chi connectivity index (χ1n) is 16.1. The van der Waals surface area contributed by atoms with Crippen LogP contribution in [0.5, 0.6) is 0 Å². The van der Waals surface area contributed by atoms with Gasteiger partial charge < -0.3 is 30.9 Å². The summed E-state index contributed by atoms with van der Waals surface area (Å²) in [5.41, 5.74) is 12.0. The molecule has 0 bridgehead atoms. The lowest BCUT2D eigenvalue weighted by atomic mass is 9.99. The van der Waals surface area contributed by atoms with Crippen molar-refractivity contribution in [3.63, 3.8) is 0 Å². The van der Waals surface area contributed by atoms with Gasteiger partial charge >= 0.3 is 0 Å². The average molecular weight is 637 g/mol. The van der Waals surface area contributed by atoms with E-state index in [1.165, 1.54) is 5.56 Å².